The molecule has 0 spiro atoms. The van der Waals surface area contributed by atoms with Gasteiger partial charge in [0, 0.05) is 5.46 Å². The number of para-hydroxylation sites is 2. The van der Waals surface area contributed by atoms with Gasteiger partial charge in [0.25, 0.3) is 0 Å². The van der Waals surface area contributed by atoms with E-state index >= 15 is 0 Å². The van der Waals surface area contributed by atoms with Gasteiger partial charge in [0.15, 0.2) is 0 Å². The van der Waals surface area contributed by atoms with E-state index in [-0.39, 0.29) is 16.5 Å². The zero-order chi connectivity index (χ0) is 12.7. The Labute approximate surface area is 102 Å². The SMILES string of the molecule is O=c1c2ccccc2oc2c(B(O)O)cccc12. The summed E-state index contributed by atoms with van der Waals surface area (Å²) in [5.41, 5.74) is 0.670. The van der Waals surface area contributed by atoms with Crippen molar-refractivity contribution >= 4 is 34.5 Å². The average molecular weight is 240 g/mol. The summed E-state index contributed by atoms with van der Waals surface area (Å²) in [7, 11) is -1.67. The van der Waals surface area contributed by atoms with Gasteiger partial charge >= 0.3 is 7.12 Å². The van der Waals surface area contributed by atoms with Crippen LogP contribution in [0.3, 0.4) is 0 Å². The van der Waals surface area contributed by atoms with Crippen molar-refractivity contribution in [1.82, 2.24) is 0 Å². The lowest BCUT2D eigenvalue weighted by molar-refractivity contribution is 0.425. The highest BCUT2D eigenvalue weighted by molar-refractivity contribution is 6.61. The molecule has 5 heteroatoms. The largest absolute Gasteiger partial charge is 0.492 e. The van der Waals surface area contributed by atoms with Crippen molar-refractivity contribution < 1.29 is 14.5 Å². The van der Waals surface area contributed by atoms with Crippen LogP contribution in [-0.2, 0) is 0 Å². The first-order chi connectivity index (χ1) is 8.68. The third-order valence-electron chi connectivity index (χ3n) is 2.91. The summed E-state index contributed by atoms with van der Waals surface area (Å²) in [4.78, 5) is 12.2. The second-order valence-electron chi connectivity index (χ2n) is 4.02. The minimum atomic E-state index is -1.67. The number of rotatable bonds is 1. The molecule has 0 aliphatic rings. The summed E-state index contributed by atoms with van der Waals surface area (Å²) in [6.07, 6.45) is 0. The van der Waals surface area contributed by atoms with Gasteiger partial charge in [-0.25, -0.2) is 0 Å². The van der Waals surface area contributed by atoms with Crippen LogP contribution < -0.4 is 10.9 Å². The van der Waals surface area contributed by atoms with E-state index in [9.17, 15) is 14.8 Å². The molecule has 0 bridgehead atoms. The number of hydrogen-bond acceptors (Lipinski definition) is 4. The van der Waals surface area contributed by atoms with Gasteiger partial charge in [0.2, 0.25) is 5.43 Å². The molecule has 1 heterocycles. The van der Waals surface area contributed by atoms with E-state index < -0.39 is 7.12 Å². The van der Waals surface area contributed by atoms with Crippen molar-refractivity contribution in [3.05, 3.63) is 52.7 Å². The van der Waals surface area contributed by atoms with Gasteiger partial charge in [0.1, 0.15) is 11.2 Å². The average Bonchev–Trinajstić information content (AvgIpc) is 2.38. The molecule has 88 valence electrons. The first kappa shape index (κ1) is 11.0. The van der Waals surface area contributed by atoms with Crippen LogP contribution in [0.25, 0.3) is 21.9 Å². The van der Waals surface area contributed by atoms with Crippen molar-refractivity contribution in [2.45, 2.75) is 0 Å². The highest BCUT2D eigenvalue weighted by Crippen LogP contribution is 2.16. The van der Waals surface area contributed by atoms with Crippen molar-refractivity contribution in [2.24, 2.45) is 0 Å². The molecule has 0 fully saturated rings. The Hall–Kier alpha value is -2.11. The smallest absolute Gasteiger partial charge is 0.456 e. The maximum absolute atomic E-state index is 12.2. The molecule has 3 aromatic rings. The number of hydrogen-bond donors (Lipinski definition) is 2. The first-order valence-corrected chi connectivity index (χ1v) is 5.49. The molecule has 2 N–H and O–H groups in total. The Morgan fingerprint density at radius 3 is 2.44 bits per heavy atom. The van der Waals surface area contributed by atoms with E-state index in [1.54, 1.807) is 36.4 Å². The molecule has 1 aromatic heterocycles. The molecule has 0 aliphatic heterocycles. The Bertz CT molecular complexity index is 792. The fraction of sp³-hybridized carbons (Fsp3) is 0. The molecular formula is C13H9BO4. The Morgan fingerprint density at radius 1 is 0.944 bits per heavy atom. The van der Waals surface area contributed by atoms with E-state index in [4.69, 9.17) is 4.42 Å². The van der Waals surface area contributed by atoms with E-state index in [0.717, 1.165) is 0 Å². The van der Waals surface area contributed by atoms with E-state index in [1.165, 1.54) is 6.07 Å². The standard InChI is InChI=1S/C13H9BO4/c15-12-8-4-1-2-7-11(8)18-13-9(12)5-3-6-10(13)14(16)17/h1-7,16-17H. The second kappa shape index (κ2) is 3.98. The monoisotopic (exact) mass is 240 g/mol. The van der Waals surface area contributed by atoms with Crippen LogP contribution >= 0.6 is 0 Å². The first-order valence-electron chi connectivity index (χ1n) is 5.49. The fourth-order valence-corrected chi connectivity index (χ4v) is 2.05. The zero-order valence-corrected chi connectivity index (χ0v) is 9.33. The van der Waals surface area contributed by atoms with E-state index in [2.05, 4.69) is 0 Å². The summed E-state index contributed by atoms with van der Waals surface area (Å²) in [5.74, 6) is 0. The normalized spacial score (nSPS) is 11.0. The van der Waals surface area contributed by atoms with Gasteiger partial charge in [-0.2, -0.15) is 0 Å². The number of fused-ring (bicyclic) bond motifs is 2. The van der Waals surface area contributed by atoms with Gasteiger partial charge in [-0.3, -0.25) is 4.79 Å². The molecule has 2 aromatic carbocycles. The predicted octanol–water partition coefficient (Wildman–Crippen LogP) is 0.626. The van der Waals surface area contributed by atoms with Crippen LogP contribution in [-0.4, -0.2) is 17.2 Å². The molecule has 18 heavy (non-hydrogen) atoms. The van der Waals surface area contributed by atoms with E-state index in [1.807, 2.05) is 0 Å². The molecule has 0 saturated carbocycles. The topological polar surface area (TPSA) is 70.7 Å². The highest BCUT2D eigenvalue weighted by atomic mass is 16.4. The van der Waals surface area contributed by atoms with Crippen LogP contribution in [0.15, 0.2) is 51.7 Å². The lowest BCUT2D eigenvalue weighted by Gasteiger charge is -2.05. The minimum absolute atomic E-state index is 0.172. The quantitative estimate of drug-likeness (QED) is 0.483. The van der Waals surface area contributed by atoms with Gasteiger partial charge in [-0.05, 0) is 18.2 Å². The molecule has 0 amide bonds. The lowest BCUT2D eigenvalue weighted by Crippen LogP contribution is -2.31. The number of benzene rings is 2. The van der Waals surface area contributed by atoms with E-state index in [0.29, 0.717) is 16.4 Å². The van der Waals surface area contributed by atoms with Crippen molar-refractivity contribution in [1.29, 1.82) is 0 Å². The maximum Gasteiger partial charge on any atom is 0.492 e. The Kier molecular flexibility index (Phi) is 2.43. The summed E-state index contributed by atoms with van der Waals surface area (Å²) >= 11 is 0. The predicted molar refractivity (Wildman–Crippen MR) is 69.8 cm³/mol. The molecule has 0 atom stereocenters. The minimum Gasteiger partial charge on any atom is -0.456 e. The van der Waals surface area contributed by atoms with Crippen LogP contribution in [0.5, 0.6) is 0 Å². The third-order valence-corrected chi connectivity index (χ3v) is 2.91. The summed E-state index contributed by atoms with van der Waals surface area (Å²) in [6, 6.07) is 11.6. The van der Waals surface area contributed by atoms with Crippen LogP contribution in [0.1, 0.15) is 0 Å². The van der Waals surface area contributed by atoms with Crippen LogP contribution in [0.2, 0.25) is 0 Å². The van der Waals surface area contributed by atoms with Crippen molar-refractivity contribution in [2.75, 3.05) is 0 Å². The van der Waals surface area contributed by atoms with Crippen molar-refractivity contribution in [3.8, 4) is 0 Å². The second-order valence-corrected chi connectivity index (χ2v) is 4.02. The summed E-state index contributed by atoms with van der Waals surface area (Å²) < 4.78 is 5.60. The van der Waals surface area contributed by atoms with Crippen LogP contribution in [0, 0.1) is 0 Å². The third kappa shape index (κ3) is 1.53. The molecular weight excluding hydrogens is 231 g/mol. The molecule has 0 aliphatic carbocycles. The van der Waals surface area contributed by atoms with Crippen LogP contribution in [0.4, 0.5) is 0 Å². The molecule has 4 nitrogen and oxygen atoms in total. The fourth-order valence-electron chi connectivity index (χ4n) is 2.05. The maximum atomic E-state index is 12.2. The van der Waals surface area contributed by atoms with Gasteiger partial charge in [0.05, 0.1) is 10.8 Å². The van der Waals surface area contributed by atoms with Crippen molar-refractivity contribution in [3.63, 3.8) is 0 Å². The Balaban J connectivity index is 2.56. The molecule has 0 saturated heterocycles. The Morgan fingerprint density at radius 2 is 1.67 bits per heavy atom. The molecule has 0 unspecified atom stereocenters. The lowest BCUT2D eigenvalue weighted by atomic mass is 9.79. The molecule has 0 radical (unpaired) electrons. The summed E-state index contributed by atoms with van der Waals surface area (Å²) in [6.45, 7) is 0. The van der Waals surface area contributed by atoms with Gasteiger partial charge in [-0.1, -0.05) is 24.3 Å². The zero-order valence-electron chi connectivity index (χ0n) is 9.33. The molecule has 3 rings (SSSR count). The highest BCUT2D eigenvalue weighted by Gasteiger charge is 2.18. The van der Waals surface area contributed by atoms with Gasteiger partial charge in [-0.15, -0.1) is 0 Å². The van der Waals surface area contributed by atoms with Gasteiger partial charge < -0.3 is 14.5 Å². The summed E-state index contributed by atoms with van der Waals surface area (Å²) in [5, 5.41) is 19.4.